The van der Waals surface area contributed by atoms with E-state index in [-0.39, 0.29) is 6.10 Å². The van der Waals surface area contributed by atoms with Gasteiger partial charge in [-0.3, -0.25) is 0 Å². The second kappa shape index (κ2) is 7.53. The number of nitrogens with two attached hydrogens (primary N) is 1. The minimum absolute atomic E-state index is 0.0380. The predicted octanol–water partition coefficient (Wildman–Crippen LogP) is 2.89. The van der Waals surface area contributed by atoms with Crippen molar-refractivity contribution in [3.8, 4) is 11.8 Å². The molecule has 2 heterocycles. The SMILES string of the molecule is CC(C)Oc1c(NCCN2CCCCC2)sc(C#N)c1N. The van der Waals surface area contributed by atoms with Crippen LogP contribution in [0, 0.1) is 11.3 Å². The van der Waals surface area contributed by atoms with Crippen LogP contribution in [-0.4, -0.2) is 37.2 Å². The Labute approximate surface area is 130 Å². The van der Waals surface area contributed by atoms with Gasteiger partial charge in [0.25, 0.3) is 0 Å². The van der Waals surface area contributed by atoms with Crippen LogP contribution in [0.2, 0.25) is 0 Å². The molecule has 0 bridgehead atoms. The summed E-state index contributed by atoms with van der Waals surface area (Å²) in [4.78, 5) is 2.99. The maximum Gasteiger partial charge on any atom is 0.178 e. The van der Waals surface area contributed by atoms with E-state index >= 15 is 0 Å². The minimum Gasteiger partial charge on any atom is -0.486 e. The first-order valence-electron chi connectivity index (χ1n) is 7.57. The number of hydrogen-bond acceptors (Lipinski definition) is 6. The van der Waals surface area contributed by atoms with E-state index in [2.05, 4.69) is 16.3 Å². The number of rotatable bonds is 6. The molecule has 3 N–H and O–H groups in total. The lowest BCUT2D eigenvalue weighted by molar-refractivity contribution is 0.236. The zero-order chi connectivity index (χ0) is 15.2. The van der Waals surface area contributed by atoms with Gasteiger partial charge in [-0.25, -0.2) is 0 Å². The molecule has 1 aromatic rings. The number of anilines is 2. The molecular formula is C15H24N4OS. The summed E-state index contributed by atoms with van der Waals surface area (Å²) in [6.07, 6.45) is 3.98. The molecule has 0 aromatic carbocycles. The lowest BCUT2D eigenvalue weighted by atomic mass is 10.1. The molecule has 1 fully saturated rings. The van der Waals surface area contributed by atoms with Crippen LogP contribution in [0.4, 0.5) is 10.7 Å². The van der Waals surface area contributed by atoms with Crippen molar-refractivity contribution in [1.29, 1.82) is 5.26 Å². The van der Waals surface area contributed by atoms with Crippen LogP contribution in [0.1, 0.15) is 38.0 Å². The summed E-state index contributed by atoms with van der Waals surface area (Å²) in [5.74, 6) is 0.630. The van der Waals surface area contributed by atoms with Gasteiger partial charge in [0.1, 0.15) is 21.6 Å². The first-order valence-corrected chi connectivity index (χ1v) is 8.38. The zero-order valence-corrected chi connectivity index (χ0v) is 13.6. The molecule has 5 nitrogen and oxygen atoms in total. The van der Waals surface area contributed by atoms with Crippen LogP contribution in [0.5, 0.6) is 5.75 Å². The third kappa shape index (κ3) is 4.26. The lowest BCUT2D eigenvalue weighted by Crippen LogP contribution is -2.33. The van der Waals surface area contributed by atoms with Crippen LogP contribution in [-0.2, 0) is 0 Å². The van der Waals surface area contributed by atoms with Crippen LogP contribution >= 0.6 is 11.3 Å². The highest BCUT2D eigenvalue weighted by molar-refractivity contribution is 7.17. The Morgan fingerprint density at radius 2 is 2.10 bits per heavy atom. The highest BCUT2D eigenvalue weighted by atomic mass is 32.1. The topological polar surface area (TPSA) is 74.3 Å². The summed E-state index contributed by atoms with van der Waals surface area (Å²) < 4.78 is 5.76. The highest BCUT2D eigenvalue weighted by Crippen LogP contribution is 2.42. The first-order chi connectivity index (χ1) is 10.1. The van der Waals surface area contributed by atoms with E-state index in [0.29, 0.717) is 16.3 Å². The van der Waals surface area contributed by atoms with Crippen molar-refractivity contribution in [2.75, 3.05) is 37.2 Å². The number of hydrogen-bond donors (Lipinski definition) is 2. The fraction of sp³-hybridized carbons (Fsp3) is 0.667. The maximum atomic E-state index is 9.11. The smallest absolute Gasteiger partial charge is 0.178 e. The van der Waals surface area contributed by atoms with Gasteiger partial charge >= 0.3 is 0 Å². The molecule has 0 atom stereocenters. The van der Waals surface area contributed by atoms with E-state index in [1.807, 2.05) is 13.8 Å². The van der Waals surface area contributed by atoms with Crippen molar-refractivity contribution in [3.63, 3.8) is 0 Å². The van der Waals surface area contributed by atoms with E-state index in [1.54, 1.807) is 0 Å². The maximum absolute atomic E-state index is 9.11. The number of nitrogens with zero attached hydrogens (tertiary/aromatic N) is 2. The average molecular weight is 308 g/mol. The van der Waals surface area contributed by atoms with Gasteiger partial charge in [0.2, 0.25) is 0 Å². The van der Waals surface area contributed by atoms with Gasteiger partial charge in [0.15, 0.2) is 5.75 Å². The molecule has 1 aliphatic rings. The van der Waals surface area contributed by atoms with Crippen molar-refractivity contribution in [1.82, 2.24) is 4.90 Å². The van der Waals surface area contributed by atoms with E-state index < -0.39 is 0 Å². The summed E-state index contributed by atoms with van der Waals surface area (Å²) in [5, 5.41) is 13.4. The molecule has 0 aliphatic carbocycles. The number of ether oxygens (including phenoxy) is 1. The highest BCUT2D eigenvalue weighted by Gasteiger charge is 2.18. The fourth-order valence-corrected chi connectivity index (χ4v) is 3.37. The summed E-state index contributed by atoms with van der Waals surface area (Å²) in [7, 11) is 0. The molecule has 0 amide bonds. The van der Waals surface area contributed by atoms with Crippen molar-refractivity contribution in [2.45, 2.75) is 39.2 Å². The van der Waals surface area contributed by atoms with Gasteiger partial charge in [-0.05, 0) is 39.8 Å². The van der Waals surface area contributed by atoms with E-state index in [9.17, 15) is 0 Å². The molecule has 0 radical (unpaired) electrons. The molecule has 116 valence electrons. The second-order valence-electron chi connectivity index (χ2n) is 5.61. The molecular weight excluding hydrogens is 284 g/mol. The van der Waals surface area contributed by atoms with Crippen LogP contribution in [0.25, 0.3) is 0 Å². The fourth-order valence-electron chi connectivity index (χ4n) is 2.49. The van der Waals surface area contributed by atoms with Crippen LogP contribution in [0.15, 0.2) is 0 Å². The molecule has 1 saturated heterocycles. The third-order valence-electron chi connectivity index (χ3n) is 3.52. The van der Waals surface area contributed by atoms with Gasteiger partial charge < -0.3 is 20.7 Å². The van der Waals surface area contributed by atoms with Crippen molar-refractivity contribution in [3.05, 3.63) is 4.88 Å². The Balaban J connectivity index is 1.96. The lowest BCUT2D eigenvalue weighted by Gasteiger charge is -2.26. The number of piperidine rings is 1. The van der Waals surface area contributed by atoms with Crippen LogP contribution < -0.4 is 15.8 Å². The Hall–Kier alpha value is -1.45. The van der Waals surface area contributed by atoms with Gasteiger partial charge in [0, 0.05) is 13.1 Å². The van der Waals surface area contributed by atoms with Crippen molar-refractivity contribution in [2.24, 2.45) is 0 Å². The van der Waals surface area contributed by atoms with Crippen LogP contribution in [0.3, 0.4) is 0 Å². The molecule has 0 saturated carbocycles. The normalized spacial score (nSPS) is 15.9. The molecule has 1 aromatic heterocycles. The zero-order valence-electron chi connectivity index (χ0n) is 12.8. The summed E-state index contributed by atoms with van der Waals surface area (Å²) in [6, 6.07) is 2.13. The monoisotopic (exact) mass is 308 g/mol. The Morgan fingerprint density at radius 1 is 1.38 bits per heavy atom. The Bertz CT molecular complexity index is 501. The summed E-state index contributed by atoms with van der Waals surface area (Å²) in [5.41, 5.74) is 6.45. The van der Waals surface area contributed by atoms with E-state index in [4.69, 9.17) is 15.7 Å². The average Bonchev–Trinajstić information content (AvgIpc) is 2.76. The molecule has 0 spiro atoms. The molecule has 6 heteroatoms. The van der Waals surface area contributed by atoms with Gasteiger partial charge in [-0.2, -0.15) is 5.26 Å². The number of nitrogens with one attached hydrogen (secondary N) is 1. The van der Waals surface area contributed by atoms with Crippen molar-refractivity contribution < 1.29 is 4.74 Å². The molecule has 0 unspecified atom stereocenters. The summed E-state index contributed by atoms with van der Waals surface area (Å²) >= 11 is 1.37. The van der Waals surface area contributed by atoms with Gasteiger partial charge in [0.05, 0.1) is 6.10 Å². The molecule has 2 rings (SSSR count). The number of thiophene rings is 1. The van der Waals surface area contributed by atoms with E-state index in [0.717, 1.165) is 18.1 Å². The quantitative estimate of drug-likeness (QED) is 0.845. The standard InChI is InChI=1S/C15H24N4OS/c1-11(2)20-14-13(17)12(10-16)21-15(14)18-6-9-19-7-4-3-5-8-19/h11,18H,3-9,17H2,1-2H3. The van der Waals surface area contributed by atoms with E-state index in [1.165, 1.54) is 43.7 Å². The molecule has 21 heavy (non-hydrogen) atoms. The van der Waals surface area contributed by atoms with Crippen molar-refractivity contribution >= 4 is 22.0 Å². The summed E-state index contributed by atoms with van der Waals surface area (Å²) in [6.45, 7) is 8.15. The minimum atomic E-state index is 0.0380. The largest absolute Gasteiger partial charge is 0.486 e. The van der Waals surface area contributed by atoms with Gasteiger partial charge in [-0.1, -0.05) is 6.42 Å². The Kier molecular flexibility index (Phi) is 5.71. The second-order valence-corrected chi connectivity index (χ2v) is 6.63. The Morgan fingerprint density at radius 3 is 2.71 bits per heavy atom. The number of likely N-dealkylation sites (tertiary alicyclic amines) is 1. The first kappa shape index (κ1) is 15.9. The number of nitrogen functional groups attached to an aromatic ring is 1. The number of nitriles is 1. The molecule has 1 aliphatic heterocycles. The predicted molar refractivity (Wildman–Crippen MR) is 88.0 cm³/mol. The van der Waals surface area contributed by atoms with Gasteiger partial charge in [-0.15, -0.1) is 11.3 Å². The third-order valence-corrected chi connectivity index (χ3v) is 4.57.